The second kappa shape index (κ2) is 6.36. The molecule has 0 saturated carbocycles. The first-order chi connectivity index (χ1) is 10.2. The Bertz CT molecular complexity index is 508. The SMILES string of the molecule is CC(C)(O)[C@H]1CC[C@](C)([C@H](O)COC(=O)c2ccccc2)O1. The number of rotatable bonds is 5. The Morgan fingerprint density at radius 3 is 2.64 bits per heavy atom. The topological polar surface area (TPSA) is 76.0 Å². The minimum atomic E-state index is -0.960. The number of carbonyl (C=O) groups excluding carboxylic acids is 1. The van der Waals surface area contributed by atoms with Gasteiger partial charge in [0.05, 0.1) is 22.9 Å². The van der Waals surface area contributed by atoms with Gasteiger partial charge >= 0.3 is 5.97 Å². The normalized spacial score (nSPS) is 26.7. The smallest absolute Gasteiger partial charge is 0.338 e. The summed E-state index contributed by atoms with van der Waals surface area (Å²) >= 11 is 0. The molecule has 5 nitrogen and oxygen atoms in total. The summed E-state index contributed by atoms with van der Waals surface area (Å²) in [7, 11) is 0. The molecule has 1 fully saturated rings. The maximum absolute atomic E-state index is 11.9. The van der Waals surface area contributed by atoms with E-state index in [2.05, 4.69) is 0 Å². The summed E-state index contributed by atoms with van der Waals surface area (Å²) in [4.78, 5) is 11.9. The standard InChI is InChI=1S/C17H24O5/c1-16(2,20)14-9-10-17(3,22-14)13(18)11-21-15(19)12-7-5-4-6-8-12/h4-8,13-14,18,20H,9-11H2,1-3H3/t13-,14-,17-/m1/s1. The van der Waals surface area contributed by atoms with E-state index in [-0.39, 0.29) is 12.7 Å². The van der Waals surface area contributed by atoms with Crippen LogP contribution in [0.5, 0.6) is 0 Å². The van der Waals surface area contributed by atoms with Crippen molar-refractivity contribution in [3.05, 3.63) is 35.9 Å². The fourth-order valence-electron chi connectivity index (χ4n) is 2.59. The molecule has 3 atom stereocenters. The van der Waals surface area contributed by atoms with Gasteiger partial charge in [0.15, 0.2) is 0 Å². The molecule has 1 aromatic rings. The average molecular weight is 308 g/mol. The van der Waals surface area contributed by atoms with E-state index in [4.69, 9.17) is 9.47 Å². The lowest BCUT2D eigenvalue weighted by atomic mass is 9.94. The van der Waals surface area contributed by atoms with E-state index in [1.807, 2.05) is 6.07 Å². The predicted molar refractivity (Wildman–Crippen MR) is 81.5 cm³/mol. The molecule has 1 aliphatic rings. The summed E-state index contributed by atoms with van der Waals surface area (Å²) in [6.45, 7) is 5.01. The molecule has 1 aliphatic heterocycles. The van der Waals surface area contributed by atoms with Gasteiger partial charge in [0, 0.05) is 0 Å². The molecular formula is C17H24O5. The summed E-state index contributed by atoms with van der Waals surface area (Å²) in [5.74, 6) is -0.472. The molecule has 0 radical (unpaired) electrons. The Balaban J connectivity index is 1.90. The van der Waals surface area contributed by atoms with E-state index >= 15 is 0 Å². The number of esters is 1. The minimum Gasteiger partial charge on any atom is -0.459 e. The van der Waals surface area contributed by atoms with Crippen LogP contribution in [0.4, 0.5) is 0 Å². The fraction of sp³-hybridized carbons (Fsp3) is 0.588. The van der Waals surface area contributed by atoms with Crippen molar-refractivity contribution in [2.75, 3.05) is 6.61 Å². The van der Waals surface area contributed by atoms with Crippen molar-refractivity contribution >= 4 is 5.97 Å². The molecule has 0 bridgehead atoms. The van der Waals surface area contributed by atoms with Crippen LogP contribution in [-0.2, 0) is 9.47 Å². The molecule has 1 saturated heterocycles. The number of aliphatic hydroxyl groups is 2. The van der Waals surface area contributed by atoms with Gasteiger partial charge in [0.2, 0.25) is 0 Å². The zero-order valence-electron chi connectivity index (χ0n) is 13.3. The van der Waals surface area contributed by atoms with E-state index in [1.165, 1.54) is 0 Å². The quantitative estimate of drug-likeness (QED) is 0.813. The molecule has 22 heavy (non-hydrogen) atoms. The first-order valence-corrected chi connectivity index (χ1v) is 7.53. The van der Waals surface area contributed by atoms with Gasteiger partial charge in [0.1, 0.15) is 12.7 Å². The van der Waals surface area contributed by atoms with Gasteiger partial charge < -0.3 is 19.7 Å². The van der Waals surface area contributed by atoms with Crippen LogP contribution in [0.2, 0.25) is 0 Å². The maximum Gasteiger partial charge on any atom is 0.338 e. The summed E-state index contributed by atoms with van der Waals surface area (Å²) < 4.78 is 11.0. The highest BCUT2D eigenvalue weighted by Crippen LogP contribution is 2.37. The Labute approximate surface area is 130 Å². The molecule has 2 N–H and O–H groups in total. The molecule has 0 spiro atoms. The first kappa shape index (κ1) is 16.9. The molecule has 5 heteroatoms. The highest BCUT2D eigenvalue weighted by atomic mass is 16.6. The lowest BCUT2D eigenvalue weighted by Gasteiger charge is -2.33. The molecular weight excluding hydrogens is 284 g/mol. The lowest BCUT2D eigenvalue weighted by molar-refractivity contribution is -0.160. The average Bonchev–Trinajstić information content (AvgIpc) is 2.89. The summed E-state index contributed by atoms with van der Waals surface area (Å²) in [5, 5.41) is 20.3. The third kappa shape index (κ3) is 3.85. The van der Waals surface area contributed by atoms with Crippen LogP contribution in [0.3, 0.4) is 0 Å². The van der Waals surface area contributed by atoms with E-state index in [0.29, 0.717) is 18.4 Å². The zero-order chi connectivity index (χ0) is 16.4. The molecule has 0 unspecified atom stereocenters. The number of aliphatic hydroxyl groups excluding tert-OH is 1. The number of hydrogen-bond acceptors (Lipinski definition) is 5. The van der Waals surface area contributed by atoms with Crippen molar-refractivity contribution in [1.29, 1.82) is 0 Å². The number of ether oxygens (including phenoxy) is 2. The molecule has 0 aromatic heterocycles. The van der Waals surface area contributed by atoms with Gasteiger partial charge in [-0.3, -0.25) is 0 Å². The van der Waals surface area contributed by atoms with Crippen molar-refractivity contribution in [3.63, 3.8) is 0 Å². The highest BCUT2D eigenvalue weighted by Gasteiger charge is 2.46. The number of benzene rings is 1. The van der Waals surface area contributed by atoms with Crippen molar-refractivity contribution in [3.8, 4) is 0 Å². The highest BCUT2D eigenvalue weighted by molar-refractivity contribution is 5.89. The first-order valence-electron chi connectivity index (χ1n) is 7.53. The number of carbonyl (C=O) groups is 1. The molecule has 122 valence electrons. The van der Waals surface area contributed by atoms with Gasteiger partial charge in [-0.1, -0.05) is 18.2 Å². The van der Waals surface area contributed by atoms with Crippen LogP contribution < -0.4 is 0 Å². The summed E-state index contributed by atoms with van der Waals surface area (Å²) in [6.07, 6.45) is -0.0143. The Hall–Kier alpha value is -1.43. The maximum atomic E-state index is 11.9. The Kier molecular flexibility index (Phi) is 4.90. The Morgan fingerprint density at radius 1 is 1.45 bits per heavy atom. The summed E-state index contributed by atoms with van der Waals surface area (Å²) in [5.41, 5.74) is -1.33. The minimum absolute atomic E-state index is 0.136. The van der Waals surface area contributed by atoms with Crippen molar-refractivity contribution in [2.45, 2.75) is 57.0 Å². The van der Waals surface area contributed by atoms with Crippen LogP contribution in [0.15, 0.2) is 30.3 Å². The van der Waals surface area contributed by atoms with E-state index in [9.17, 15) is 15.0 Å². The zero-order valence-corrected chi connectivity index (χ0v) is 13.3. The fourth-order valence-corrected chi connectivity index (χ4v) is 2.59. The largest absolute Gasteiger partial charge is 0.459 e. The van der Waals surface area contributed by atoms with Crippen LogP contribution in [-0.4, -0.2) is 46.2 Å². The molecule has 2 rings (SSSR count). The van der Waals surface area contributed by atoms with Crippen molar-refractivity contribution in [1.82, 2.24) is 0 Å². The van der Waals surface area contributed by atoms with Crippen LogP contribution in [0, 0.1) is 0 Å². The predicted octanol–water partition coefficient (Wildman–Crippen LogP) is 1.91. The van der Waals surface area contributed by atoms with Crippen molar-refractivity contribution < 1.29 is 24.5 Å². The van der Waals surface area contributed by atoms with Crippen LogP contribution >= 0.6 is 0 Å². The van der Waals surface area contributed by atoms with Gasteiger partial charge in [-0.15, -0.1) is 0 Å². The Morgan fingerprint density at radius 2 is 2.09 bits per heavy atom. The van der Waals surface area contributed by atoms with Crippen molar-refractivity contribution in [2.24, 2.45) is 0 Å². The van der Waals surface area contributed by atoms with Gasteiger partial charge in [-0.2, -0.15) is 0 Å². The van der Waals surface area contributed by atoms with Gasteiger partial charge in [-0.25, -0.2) is 4.79 Å². The second-order valence-corrected chi connectivity index (χ2v) is 6.59. The summed E-state index contributed by atoms with van der Waals surface area (Å²) in [6, 6.07) is 8.64. The van der Waals surface area contributed by atoms with Gasteiger partial charge in [0.25, 0.3) is 0 Å². The third-order valence-electron chi connectivity index (χ3n) is 4.19. The molecule has 1 heterocycles. The molecule has 0 aliphatic carbocycles. The van der Waals surface area contributed by atoms with E-state index in [0.717, 1.165) is 0 Å². The monoisotopic (exact) mass is 308 g/mol. The third-order valence-corrected chi connectivity index (χ3v) is 4.19. The van der Waals surface area contributed by atoms with Crippen LogP contribution in [0.25, 0.3) is 0 Å². The second-order valence-electron chi connectivity index (χ2n) is 6.59. The lowest BCUT2D eigenvalue weighted by Crippen LogP contribution is -2.45. The molecule has 1 aromatic carbocycles. The molecule has 0 amide bonds. The van der Waals surface area contributed by atoms with E-state index in [1.54, 1.807) is 45.0 Å². The van der Waals surface area contributed by atoms with E-state index < -0.39 is 23.3 Å². The van der Waals surface area contributed by atoms with Gasteiger partial charge in [-0.05, 0) is 45.7 Å². The number of hydrogen-bond donors (Lipinski definition) is 2. The van der Waals surface area contributed by atoms with Crippen LogP contribution in [0.1, 0.15) is 44.0 Å².